The van der Waals surface area contributed by atoms with Crippen molar-refractivity contribution in [2.45, 2.75) is 27.0 Å². The predicted molar refractivity (Wildman–Crippen MR) is 146 cm³/mol. The average Bonchev–Trinajstić information content (AvgIpc) is 3.47. The van der Waals surface area contributed by atoms with Gasteiger partial charge >= 0.3 is 0 Å². The maximum atomic E-state index is 12.9. The van der Waals surface area contributed by atoms with Crippen LogP contribution in [0.15, 0.2) is 40.8 Å². The van der Waals surface area contributed by atoms with Gasteiger partial charge in [0, 0.05) is 0 Å². The van der Waals surface area contributed by atoms with Crippen LogP contribution in [0.25, 0.3) is 0 Å². The van der Waals surface area contributed by atoms with Crippen LogP contribution in [-0.4, -0.2) is 22.8 Å². The largest absolute Gasteiger partial charge is 0.497 e. The van der Waals surface area contributed by atoms with Gasteiger partial charge in [0.25, 0.3) is 5.91 Å². The van der Waals surface area contributed by atoms with Gasteiger partial charge in [0.05, 0.1) is 45.8 Å². The van der Waals surface area contributed by atoms with E-state index in [1.165, 1.54) is 6.07 Å². The summed E-state index contributed by atoms with van der Waals surface area (Å²) in [5.41, 5.74) is 3.09. The van der Waals surface area contributed by atoms with Gasteiger partial charge in [-0.15, -0.1) is 0 Å². The molecular formula is C25H20Cl5N3O4. The molecule has 2 aromatic heterocycles. The summed E-state index contributed by atoms with van der Waals surface area (Å²) in [5.74, 6) is 0.813. The normalized spacial score (nSPS) is 11.0. The number of aromatic nitrogens is 2. The Hall–Kier alpha value is -2.55. The number of furan rings is 1. The van der Waals surface area contributed by atoms with E-state index in [0.29, 0.717) is 23.7 Å². The predicted octanol–water partition coefficient (Wildman–Crippen LogP) is 8.25. The number of benzene rings is 2. The number of anilines is 1. The third-order valence-corrected chi connectivity index (χ3v) is 7.74. The van der Waals surface area contributed by atoms with Gasteiger partial charge in [-0.25, -0.2) is 0 Å². The zero-order chi connectivity index (χ0) is 26.9. The fourth-order valence-electron chi connectivity index (χ4n) is 3.58. The van der Waals surface area contributed by atoms with E-state index < -0.39 is 5.91 Å². The molecule has 2 aromatic carbocycles. The number of rotatable bonds is 8. The summed E-state index contributed by atoms with van der Waals surface area (Å²) in [4.78, 5) is 12.9. The van der Waals surface area contributed by atoms with E-state index in [0.717, 1.165) is 17.0 Å². The number of amides is 1. The summed E-state index contributed by atoms with van der Waals surface area (Å²) in [5, 5.41) is 7.54. The van der Waals surface area contributed by atoms with Gasteiger partial charge in [0.2, 0.25) is 0 Å². The lowest BCUT2D eigenvalue weighted by atomic mass is 10.2. The van der Waals surface area contributed by atoms with Gasteiger partial charge in [-0.2, -0.15) is 5.10 Å². The number of hydrogen-bond acceptors (Lipinski definition) is 5. The van der Waals surface area contributed by atoms with E-state index in [-0.39, 0.29) is 43.2 Å². The van der Waals surface area contributed by atoms with E-state index in [1.807, 2.05) is 42.8 Å². The van der Waals surface area contributed by atoms with Crippen molar-refractivity contribution in [1.29, 1.82) is 0 Å². The number of ether oxygens (including phenoxy) is 2. The van der Waals surface area contributed by atoms with Crippen LogP contribution in [0.2, 0.25) is 25.1 Å². The first-order chi connectivity index (χ1) is 17.6. The smallest absolute Gasteiger partial charge is 0.291 e. The lowest BCUT2D eigenvalue weighted by Crippen LogP contribution is -2.12. The summed E-state index contributed by atoms with van der Waals surface area (Å²) >= 11 is 30.5. The number of carbonyl (C=O) groups is 1. The minimum Gasteiger partial charge on any atom is -0.497 e. The lowest BCUT2D eigenvalue weighted by Gasteiger charge is -2.12. The Bertz CT molecular complexity index is 1450. The van der Waals surface area contributed by atoms with E-state index >= 15 is 0 Å². The molecule has 0 atom stereocenters. The Kier molecular flexibility index (Phi) is 8.51. The number of methoxy groups -OCH3 is 1. The van der Waals surface area contributed by atoms with Crippen molar-refractivity contribution in [3.05, 3.63) is 90.0 Å². The van der Waals surface area contributed by atoms with Gasteiger partial charge in [0.1, 0.15) is 28.2 Å². The topological polar surface area (TPSA) is 78.5 Å². The van der Waals surface area contributed by atoms with Gasteiger partial charge < -0.3 is 19.2 Å². The SMILES string of the molecule is COc1cccc(Cn2nc(C)c(NC(=O)c3ccc(COc4c(Cl)c(Cl)c(Cl)c(Cl)c4Cl)o3)c2C)c1. The molecule has 0 fully saturated rings. The average molecular weight is 604 g/mol. The highest BCUT2D eigenvalue weighted by atomic mass is 35.5. The van der Waals surface area contributed by atoms with Crippen molar-refractivity contribution >= 4 is 69.6 Å². The molecule has 0 unspecified atom stereocenters. The van der Waals surface area contributed by atoms with E-state index in [4.69, 9.17) is 71.9 Å². The Morgan fingerprint density at radius 3 is 2.35 bits per heavy atom. The third kappa shape index (κ3) is 5.81. The molecular weight excluding hydrogens is 584 g/mol. The number of nitrogens with zero attached hydrogens (tertiary/aromatic N) is 2. The number of hydrogen-bond donors (Lipinski definition) is 1. The first kappa shape index (κ1) is 27.5. The molecule has 0 aliphatic carbocycles. The molecule has 0 radical (unpaired) electrons. The summed E-state index contributed by atoms with van der Waals surface area (Å²) < 4.78 is 18.4. The molecule has 1 N–H and O–H groups in total. The van der Waals surface area contributed by atoms with Crippen molar-refractivity contribution < 1.29 is 18.7 Å². The molecule has 0 spiro atoms. The van der Waals surface area contributed by atoms with Crippen LogP contribution in [0, 0.1) is 13.8 Å². The van der Waals surface area contributed by atoms with Crippen LogP contribution in [0.5, 0.6) is 11.5 Å². The van der Waals surface area contributed by atoms with Gasteiger partial charge in [0.15, 0.2) is 11.5 Å². The first-order valence-corrected chi connectivity index (χ1v) is 12.7. The molecule has 0 aliphatic heterocycles. The Morgan fingerprint density at radius 1 is 1.00 bits per heavy atom. The maximum Gasteiger partial charge on any atom is 0.291 e. The minimum atomic E-state index is -0.438. The number of aryl methyl sites for hydroxylation is 1. The van der Waals surface area contributed by atoms with Crippen molar-refractivity contribution in [2.75, 3.05) is 12.4 Å². The Balaban J connectivity index is 1.45. The Labute approximate surface area is 238 Å². The number of carbonyl (C=O) groups excluding carboxylic acids is 1. The number of halogens is 5. The zero-order valence-corrected chi connectivity index (χ0v) is 23.6. The lowest BCUT2D eigenvalue weighted by molar-refractivity contribution is 0.0992. The molecule has 0 saturated heterocycles. The fraction of sp³-hybridized carbons (Fsp3) is 0.200. The first-order valence-electron chi connectivity index (χ1n) is 10.8. The van der Waals surface area contributed by atoms with E-state index in [9.17, 15) is 4.79 Å². The van der Waals surface area contributed by atoms with Crippen LogP contribution >= 0.6 is 58.0 Å². The standard InChI is InChI=1S/C25H20Cl5N3O4/c1-12-23(13(2)33(32-12)10-14-5-4-6-15(9-14)35-3)31-25(34)17-8-7-16(37-17)11-36-24-21(29)19(27)18(26)20(28)22(24)30/h4-9H,10-11H2,1-3H3,(H,31,34). The summed E-state index contributed by atoms with van der Waals surface area (Å²) in [6, 6.07) is 10.8. The van der Waals surface area contributed by atoms with Gasteiger partial charge in [-0.1, -0.05) is 70.1 Å². The van der Waals surface area contributed by atoms with Crippen LogP contribution < -0.4 is 14.8 Å². The quantitative estimate of drug-likeness (QED) is 0.162. The zero-order valence-electron chi connectivity index (χ0n) is 19.8. The Morgan fingerprint density at radius 2 is 1.68 bits per heavy atom. The molecule has 4 rings (SSSR count). The highest BCUT2D eigenvalue weighted by molar-refractivity contribution is 6.55. The molecule has 37 heavy (non-hydrogen) atoms. The fourth-order valence-corrected chi connectivity index (χ4v) is 4.81. The van der Waals surface area contributed by atoms with Gasteiger partial charge in [-0.3, -0.25) is 9.48 Å². The third-order valence-electron chi connectivity index (χ3n) is 5.50. The maximum absolute atomic E-state index is 12.9. The summed E-state index contributed by atoms with van der Waals surface area (Å²) in [7, 11) is 1.62. The highest BCUT2D eigenvalue weighted by Crippen LogP contribution is 2.48. The molecule has 194 valence electrons. The van der Waals surface area contributed by atoms with E-state index in [2.05, 4.69) is 10.4 Å². The molecule has 0 aliphatic rings. The highest BCUT2D eigenvalue weighted by Gasteiger charge is 2.22. The number of nitrogens with one attached hydrogen (secondary N) is 1. The molecule has 1 amide bonds. The van der Waals surface area contributed by atoms with Crippen LogP contribution in [0.4, 0.5) is 5.69 Å². The minimum absolute atomic E-state index is 0.0162. The van der Waals surface area contributed by atoms with Crippen LogP contribution in [0.3, 0.4) is 0 Å². The second kappa shape index (κ2) is 11.5. The molecule has 4 aromatic rings. The van der Waals surface area contributed by atoms with Crippen LogP contribution in [-0.2, 0) is 13.2 Å². The van der Waals surface area contributed by atoms with E-state index in [1.54, 1.807) is 13.2 Å². The van der Waals surface area contributed by atoms with Crippen molar-refractivity contribution in [1.82, 2.24) is 9.78 Å². The molecule has 0 saturated carbocycles. The second-order valence-corrected chi connectivity index (χ2v) is 9.85. The molecule has 7 nitrogen and oxygen atoms in total. The monoisotopic (exact) mass is 601 g/mol. The molecule has 0 bridgehead atoms. The van der Waals surface area contributed by atoms with Crippen molar-refractivity contribution in [2.24, 2.45) is 0 Å². The molecule has 12 heteroatoms. The summed E-state index contributed by atoms with van der Waals surface area (Å²) in [6.07, 6.45) is 0. The van der Waals surface area contributed by atoms with Crippen LogP contribution in [0.1, 0.15) is 33.3 Å². The second-order valence-electron chi connectivity index (χ2n) is 7.96. The van der Waals surface area contributed by atoms with Crippen molar-refractivity contribution in [3.8, 4) is 11.5 Å². The van der Waals surface area contributed by atoms with Gasteiger partial charge in [-0.05, 0) is 43.7 Å². The van der Waals surface area contributed by atoms with Crippen molar-refractivity contribution in [3.63, 3.8) is 0 Å². The summed E-state index contributed by atoms with van der Waals surface area (Å²) in [6.45, 7) is 4.14. The molecule has 2 heterocycles.